The third-order valence-electron chi connectivity index (χ3n) is 5.05. The summed E-state index contributed by atoms with van der Waals surface area (Å²) in [5.41, 5.74) is 3.17. The van der Waals surface area contributed by atoms with Crippen LogP contribution in [0.2, 0.25) is 0 Å². The van der Waals surface area contributed by atoms with Gasteiger partial charge in [0, 0.05) is 19.7 Å². The number of rotatable bonds is 4. The van der Waals surface area contributed by atoms with Gasteiger partial charge in [-0.25, -0.2) is 0 Å². The van der Waals surface area contributed by atoms with Crippen LogP contribution in [0.5, 0.6) is 0 Å². The standard InChI is InChI=1S/C17H25NO/c1-12(19-2)11-18-17-15-7-8-16(17)10-14-6-4-3-5-13(14)9-15/h3-6,12,15-18H,7-11H2,1-2H3. The van der Waals surface area contributed by atoms with Crippen molar-refractivity contribution in [1.82, 2.24) is 5.32 Å². The first-order chi connectivity index (χ1) is 9.28. The van der Waals surface area contributed by atoms with Crippen LogP contribution < -0.4 is 5.32 Å². The molecule has 2 aliphatic carbocycles. The molecule has 1 saturated carbocycles. The van der Waals surface area contributed by atoms with E-state index < -0.39 is 0 Å². The van der Waals surface area contributed by atoms with Gasteiger partial charge in [0.25, 0.3) is 0 Å². The molecule has 2 aliphatic rings. The topological polar surface area (TPSA) is 21.3 Å². The Bertz CT molecular complexity index is 398. The molecule has 0 radical (unpaired) electrons. The molecule has 1 aromatic rings. The van der Waals surface area contributed by atoms with Crippen molar-refractivity contribution >= 4 is 0 Å². The Hall–Kier alpha value is -0.860. The minimum Gasteiger partial charge on any atom is -0.380 e. The van der Waals surface area contributed by atoms with Crippen molar-refractivity contribution in [1.29, 1.82) is 0 Å². The molecule has 0 heterocycles. The minimum atomic E-state index is 0.310. The summed E-state index contributed by atoms with van der Waals surface area (Å²) in [7, 11) is 1.80. The van der Waals surface area contributed by atoms with E-state index in [0.29, 0.717) is 12.1 Å². The smallest absolute Gasteiger partial charge is 0.0667 e. The summed E-state index contributed by atoms with van der Waals surface area (Å²) in [4.78, 5) is 0. The lowest BCUT2D eigenvalue weighted by Crippen LogP contribution is -2.41. The van der Waals surface area contributed by atoms with Crippen molar-refractivity contribution in [2.24, 2.45) is 11.8 Å². The quantitative estimate of drug-likeness (QED) is 0.898. The SMILES string of the molecule is COC(C)CNC1C2CCC1Cc1ccccc1C2. The van der Waals surface area contributed by atoms with Gasteiger partial charge < -0.3 is 10.1 Å². The molecule has 3 atom stereocenters. The average Bonchev–Trinajstić information content (AvgIpc) is 2.70. The van der Waals surface area contributed by atoms with E-state index in [4.69, 9.17) is 4.74 Å². The summed E-state index contributed by atoms with van der Waals surface area (Å²) in [5.74, 6) is 1.63. The molecule has 1 aromatic carbocycles. The Balaban J connectivity index is 1.72. The van der Waals surface area contributed by atoms with Crippen LogP contribution in [0.3, 0.4) is 0 Å². The van der Waals surface area contributed by atoms with Gasteiger partial charge in [0.2, 0.25) is 0 Å². The second kappa shape index (κ2) is 5.64. The maximum atomic E-state index is 5.36. The van der Waals surface area contributed by atoms with E-state index in [0.717, 1.165) is 18.4 Å². The van der Waals surface area contributed by atoms with E-state index in [1.165, 1.54) is 25.7 Å². The van der Waals surface area contributed by atoms with Crippen molar-refractivity contribution in [2.45, 2.75) is 44.8 Å². The first kappa shape index (κ1) is 13.1. The van der Waals surface area contributed by atoms with Gasteiger partial charge in [0.15, 0.2) is 0 Å². The summed E-state index contributed by atoms with van der Waals surface area (Å²) in [5, 5.41) is 3.78. The van der Waals surface area contributed by atoms with E-state index >= 15 is 0 Å². The van der Waals surface area contributed by atoms with Crippen LogP contribution in [0.25, 0.3) is 0 Å². The van der Waals surface area contributed by atoms with Gasteiger partial charge in [0.1, 0.15) is 0 Å². The molecular weight excluding hydrogens is 234 g/mol. The number of hydrogen-bond donors (Lipinski definition) is 1. The fourth-order valence-corrected chi connectivity index (χ4v) is 3.87. The first-order valence-electron chi connectivity index (χ1n) is 7.61. The highest BCUT2D eigenvalue weighted by Crippen LogP contribution is 2.39. The molecule has 0 aliphatic heterocycles. The normalized spacial score (nSPS) is 30.7. The molecule has 0 spiro atoms. The van der Waals surface area contributed by atoms with Crippen molar-refractivity contribution in [3.8, 4) is 0 Å². The maximum absolute atomic E-state index is 5.36. The lowest BCUT2D eigenvalue weighted by molar-refractivity contribution is 0.110. The molecule has 1 N–H and O–H groups in total. The fraction of sp³-hybridized carbons (Fsp3) is 0.647. The predicted octanol–water partition coefficient (Wildman–Crippen LogP) is 2.80. The highest BCUT2D eigenvalue weighted by atomic mass is 16.5. The lowest BCUT2D eigenvalue weighted by atomic mass is 9.94. The number of hydrogen-bond acceptors (Lipinski definition) is 2. The maximum Gasteiger partial charge on any atom is 0.0667 e. The number of methoxy groups -OCH3 is 1. The summed E-state index contributed by atoms with van der Waals surface area (Å²) >= 11 is 0. The molecule has 1 fully saturated rings. The van der Waals surface area contributed by atoms with Gasteiger partial charge in [-0.1, -0.05) is 24.3 Å². The molecule has 2 nitrogen and oxygen atoms in total. The van der Waals surface area contributed by atoms with Crippen LogP contribution in [-0.2, 0) is 17.6 Å². The zero-order chi connectivity index (χ0) is 13.2. The van der Waals surface area contributed by atoms with E-state index in [-0.39, 0.29) is 0 Å². The van der Waals surface area contributed by atoms with Gasteiger partial charge in [-0.2, -0.15) is 0 Å². The van der Waals surface area contributed by atoms with E-state index in [2.05, 4.69) is 36.5 Å². The Morgan fingerprint density at radius 2 is 1.74 bits per heavy atom. The first-order valence-corrected chi connectivity index (χ1v) is 7.61. The highest BCUT2D eigenvalue weighted by molar-refractivity contribution is 5.30. The van der Waals surface area contributed by atoms with Crippen LogP contribution in [0, 0.1) is 11.8 Å². The molecule has 19 heavy (non-hydrogen) atoms. The molecule has 2 bridgehead atoms. The van der Waals surface area contributed by atoms with Crippen LogP contribution in [0.15, 0.2) is 24.3 Å². The number of benzene rings is 1. The minimum absolute atomic E-state index is 0.310. The summed E-state index contributed by atoms with van der Waals surface area (Å²) in [6.45, 7) is 3.12. The molecule has 104 valence electrons. The Morgan fingerprint density at radius 1 is 1.16 bits per heavy atom. The second-order valence-electron chi connectivity index (χ2n) is 6.25. The molecule has 3 rings (SSSR count). The van der Waals surface area contributed by atoms with Crippen LogP contribution in [0.4, 0.5) is 0 Å². The van der Waals surface area contributed by atoms with Gasteiger partial charge in [-0.05, 0) is 55.6 Å². The van der Waals surface area contributed by atoms with Crippen molar-refractivity contribution < 1.29 is 4.74 Å². The second-order valence-corrected chi connectivity index (χ2v) is 6.25. The molecule has 0 aromatic heterocycles. The molecular formula is C17H25NO. The summed E-state index contributed by atoms with van der Waals surface area (Å²) < 4.78 is 5.36. The highest BCUT2D eigenvalue weighted by Gasteiger charge is 2.38. The largest absolute Gasteiger partial charge is 0.380 e. The van der Waals surface area contributed by atoms with Crippen molar-refractivity contribution in [3.63, 3.8) is 0 Å². The summed E-state index contributed by atoms with van der Waals surface area (Å²) in [6.07, 6.45) is 5.60. The molecule has 0 saturated heterocycles. The third kappa shape index (κ3) is 2.70. The Morgan fingerprint density at radius 3 is 2.26 bits per heavy atom. The molecule has 0 amide bonds. The fourth-order valence-electron chi connectivity index (χ4n) is 3.87. The number of fused-ring (bicyclic) bond motifs is 3. The van der Waals surface area contributed by atoms with Gasteiger partial charge >= 0.3 is 0 Å². The van der Waals surface area contributed by atoms with E-state index in [1.54, 1.807) is 18.2 Å². The van der Waals surface area contributed by atoms with Crippen molar-refractivity contribution in [3.05, 3.63) is 35.4 Å². The lowest BCUT2D eigenvalue weighted by Gasteiger charge is -2.25. The summed E-state index contributed by atoms with van der Waals surface area (Å²) in [6, 6.07) is 9.71. The Kier molecular flexibility index (Phi) is 3.90. The van der Waals surface area contributed by atoms with Crippen molar-refractivity contribution in [2.75, 3.05) is 13.7 Å². The molecule has 2 heteroatoms. The number of ether oxygens (including phenoxy) is 1. The zero-order valence-electron chi connectivity index (χ0n) is 12.1. The predicted molar refractivity (Wildman–Crippen MR) is 78.3 cm³/mol. The number of nitrogens with one attached hydrogen (secondary N) is 1. The van der Waals surface area contributed by atoms with Crippen LogP contribution in [-0.4, -0.2) is 25.8 Å². The van der Waals surface area contributed by atoms with E-state index in [1.807, 2.05) is 0 Å². The van der Waals surface area contributed by atoms with Gasteiger partial charge in [0.05, 0.1) is 6.10 Å². The average molecular weight is 259 g/mol. The monoisotopic (exact) mass is 259 g/mol. The zero-order valence-corrected chi connectivity index (χ0v) is 12.1. The van der Waals surface area contributed by atoms with Gasteiger partial charge in [-0.3, -0.25) is 0 Å². The van der Waals surface area contributed by atoms with Crippen LogP contribution in [0.1, 0.15) is 30.9 Å². The van der Waals surface area contributed by atoms with E-state index in [9.17, 15) is 0 Å². The molecule has 3 unspecified atom stereocenters. The Labute approximate surface area is 116 Å². The third-order valence-corrected chi connectivity index (χ3v) is 5.05. The van der Waals surface area contributed by atoms with Gasteiger partial charge in [-0.15, -0.1) is 0 Å². The van der Waals surface area contributed by atoms with Crippen LogP contribution >= 0.6 is 0 Å².